The van der Waals surface area contributed by atoms with Gasteiger partial charge in [-0.2, -0.15) is 0 Å². The van der Waals surface area contributed by atoms with Gasteiger partial charge >= 0.3 is 0 Å². The number of piperidine rings is 1. The zero-order valence-corrected chi connectivity index (χ0v) is 27.0. The molecule has 8 nitrogen and oxygen atoms in total. The molecule has 0 N–H and O–H groups in total. The first kappa shape index (κ1) is 31.8. The van der Waals surface area contributed by atoms with Crippen LogP contribution < -0.4 is 4.90 Å². The summed E-state index contributed by atoms with van der Waals surface area (Å²) in [5.41, 5.74) is 4.06. The molecule has 2 aliphatic rings. The maximum Gasteiger partial charge on any atom is 0.244 e. The van der Waals surface area contributed by atoms with Gasteiger partial charge in [0.15, 0.2) is 11.6 Å². The van der Waals surface area contributed by atoms with E-state index in [1.807, 2.05) is 4.90 Å². The number of halogens is 2. The van der Waals surface area contributed by atoms with E-state index in [0.717, 1.165) is 31.7 Å². The lowest BCUT2D eigenvalue weighted by atomic mass is 9.77. The van der Waals surface area contributed by atoms with Crippen molar-refractivity contribution in [2.75, 3.05) is 51.2 Å². The van der Waals surface area contributed by atoms with E-state index in [4.69, 9.17) is 4.98 Å². The number of rotatable bonds is 9. The van der Waals surface area contributed by atoms with Crippen LogP contribution in [-0.2, 0) is 17.8 Å². The largest absolute Gasteiger partial charge is 0.353 e. The van der Waals surface area contributed by atoms with Crippen molar-refractivity contribution in [1.82, 2.24) is 29.5 Å². The molecule has 6 rings (SSSR count). The Bertz CT molecular complexity index is 1620. The van der Waals surface area contributed by atoms with E-state index in [1.165, 1.54) is 48.2 Å². The third kappa shape index (κ3) is 6.97. The molecule has 0 radical (unpaired) electrons. The van der Waals surface area contributed by atoms with E-state index in [9.17, 15) is 13.6 Å². The van der Waals surface area contributed by atoms with Crippen LogP contribution in [0.5, 0.6) is 0 Å². The van der Waals surface area contributed by atoms with E-state index in [0.29, 0.717) is 60.8 Å². The van der Waals surface area contributed by atoms with Gasteiger partial charge in [0.2, 0.25) is 5.91 Å². The Balaban J connectivity index is 1.16. The van der Waals surface area contributed by atoms with E-state index >= 15 is 0 Å². The van der Waals surface area contributed by atoms with Gasteiger partial charge in [0.05, 0.1) is 0 Å². The fourth-order valence-electron chi connectivity index (χ4n) is 6.94. The molecule has 4 aromatic rings. The van der Waals surface area contributed by atoms with Gasteiger partial charge in [-0.05, 0) is 123 Å². The molecular formula is C36H43F2N7O. The monoisotopic (exact) mass is 627 g/mol. The Morgan fingerprint density at radius 2 is 1.52 bits per heavy atom. The molecule has 1 atom stereocenters. The van der Waals surface area contributed by atoms with Crippen LogP contribution in [0, 0.1) is 17.6 Å². The first-order valence-corrected chi connectivity index (χ1v) is 16.5. The van der Waals surface area contributed by atoms with Crippen molar-refractivity contribution in [3.63, 3.8) is 0 Å². The molecule has 0 aliphatic carbocycles. The Kier molecular flexibility index (Phi) is 9.72. The van der Waals surface area contributed by atoms with Crippen LogP contribution in [0.3, 0.4) is 0 Å². The number of hydrogen-bond acceptors (Lipinski definition) is 6. The lowest BCUT2D eigenvalue weighted by Gasteiger charge is -2.37. The topological polar surface area (TPSA) is 70.4 Å². The van der Waals surface area contributed by atoms with Crippen LogP contribution in [0.1, 0.15) is 50.2 Å². The molecule has 2 fully saturated rings. The number of amides is 1. The number of carbonyl (C=O) groups excluding carboxylic acids is 1. The number of anilines is 1. The molecule has 4 heterocycles. The van der Waals surface area contributed by atoms with Gasteiger partial charge in [-0.3, -0.25) is 4.79 Å². The zero-order valence-electron chi connectivity index (χ0n) is 27.0. The van der Waals surface area contributed by atoms with Gasteiger partial charge in [0, 0.05) is 43.5 Å². The number of nitrogens with zero attached hydrogens (tertiary/aromatic N) is 7. The van der Waals surface area contributed by atoms with Gasteiger partial charge in [-0.15, -0.1) is 5.10 Å². The van der Waals surface area contributed by atoms with Gasteiger partial charge in [0.1, 0.15) is 24.0 Å². The lowest BCUT2D eigenvalue weighted by Crippen LogP contribution is -2.50. The smallest absolute Gasteiger partial charge is 0.244 e. The highest BCUT2D eigenvalue weighted by Crippen LogP contribution is 2.38. The second-order valence-electron chi connectivity index (χ2n) is 12.5. The first-order valence-electron chi connectivity index (χ1n) is 16.5. The molecule has 2 aromatic heterocycles. The SMILES string of the molecule is CCc1cnc(N2CCN(C(=O)Cn3nc(-c4ccc(F)cc4)nc3-c3ccc(F)cc3)CC2)cc1C(CC)C1CCN(C)CC1. The van der Waals surface area contributed by atoms with Gasteiger partial charge < -0.3 is 14.7 Å². The van der Waals surface area contributed by atoms with Crippen molar-refractivity contribution in [3.05, 3.63) is 83.6 Å². The predicted molar refractivity (Wildman–Crippen MR) is 176 cm³/mol. The standard InChI is InChI=1S/C36H43F2N7O/c1-4-25-23-39-33(22-32(25)31(5-2)26-14-16-42(3)17-15-26)43-18-20-44(21-19-43)34(46)24-45-36(28-8-12-30(38)13-9-28)40-35(41-45)27-6-10-29(37)11-7-27/h6-13,22-23,26,31H,4-5,14-21,24H2,1-3H3. The van der Waals surface area contributed by atoms with Crippen LogP contribution in [0.4, 0.5) is 14.6 Å². The third-order valence-electron chi connectivity index (χ3n) is 9.68. The highest BCUT2D eigenvalue weighted by Gasteiger charge is 2.29. The van der Waals surface area contributed by atoms with Crippen molar-refractivity contribution in [1.29, 1.82) is 0 Å². The molecule has 2 aromatic carbocycles. The highest BCUT2D eigenvalue weighted by molar-refractivity contribution is 5.77. The molecular weight excluding hydrogens is 584 g/mol. The minimum Gasteiger partial charge on any atom is -0.353 e. The van der Waals surface area contributed by atoms with Crippen LogP contribution in [-0.4, -0.2) is 81.8 Å². The third-order valence-corrected chi connectivity index (χ3v) is 9.68. The molecule has 0 bridgehead atoms. The molecule has 2 aliphatic heterocycles. The molecule has 10 heteroatoms. The summed E-state index contributed by atoms with van der Waals surface area (Å²) in [6.07, 6.45) is 6.63. The minimum absolute atomic E-state index is 0.0107. The van der Waals surface area contributed by atoms with Crippen molar-refractivity contribution in [3.8, 4) is 22.8 Å². The van der Waals surface area contributed by atoms with Crippen LogP contribution in [0.2, 0.25) is 0 Å². The number of aryl methyl sites for hydroxylation is 1. The quantitative estimate of drug-likeness (QED) is 0.226. The summed E-state index contributed by atoms with van der Waals surface area (Å²) < 4.78 is 28.8. The highest BCUT2D eigenvalue weighted by atomic mass is 19.1. The molecule has 1 amide bonds. The van der Waals surface area contributed by atoms with Crippen molar-refractivity contribution >= 4 is 11.7 Å². The number of hydrogen-bond donors (Lipinski definition) is 0. The maximum atomic E-state index is 13.7. The zero-order chi connectivity index (χ0) is 32.2. The van der Waals surface area contributed by atoms with Gasteiger partial charge in [-0.25, -0.2) is 23.4 Å². The summed E-state index contributed by atoms with van der Waals surface area (Å²) in [5.74, 6) is 2.26. The minimum atomic E-state index is -0.361. The summed E-state index contributed by atoms with van der Waals surface area (Å²) in [4.78, 5) is 29.7. The second kappa shape index (κ2) is 14.1. The molecule has 242 valence electrons. The van der Waals surface area contributed by atoms with Crippen LogP contribution in [0.25, 0.3) is 22.8 Å². The number of benzene rings is 2. The van der Waals surface area contributed by atoms with Crippen LogP contribution in [0.15, 0.2) is 60.8 Å². The Morgan fingerprint density at radius 3 is 2.13 bits per heavy atom. The number of pyridine rings is 1. The molecule has 2 saturated heterocycles. The summed E-state index contributed by atoms with van der Waals surface area (Å²) in [6, 6.07) is 14.2. The van der Waals surface area contributed by atoms with Gasteiger partial charge in [-0.1, -0.05) is 13.8 Å². The number of likely N-dealkylation sites (tertiary alicyclic amines) is 1. The average Bonchev–Trinajstić information content (AvgIpc) is 3.50. The fourth-order valence-corrected chi connectivity index (χ4v) is 6.94. The Morgan fingerprint density at radius 1 is 0.891 bits per heavy atom. The second-order valence-corrected chi connectivity index (χ2v) is 12.5. The molecule has 0 spiro atoms. The van der Waals surface area contributed by atoms with E-state index in [-0.39, 0.29) is 24.1 Å². The predicted octanol–water partition coefficient (Wildman–Crippen LogP) is 6.03. The molecule has 0 saturated carbocycles. The summed E-state index contributed by atoms with van der Waals surface area (Å²) in [5, 5.41) is 4.62. The van der Waals surface area contributed by atoms with Crippen molar-refractivity contribution < 1.29 is 13.6 Å². The van der Waals surface area contributed by atoms with Crippen molar-refractivity contribution in [2.45, 2.75) is 52.0 Å². The summed E-state index contributed by atoms with van der Waals surface area (Å²) >= 11 is 0. The van der Waals surface area contributed by atoms with Crippen LogP contribution >= 0.6 is 0 Å². The number of aromatic nitrogens is 4. The maximum absolute atomic E-state index is 13.7. The summed E-state index contributed by atoms with van der Waals surface area (Å²) in [6.45, 7) is 9.36. The summed E-state index contributed by atoms with van der Waals surface area (Å²) in [7, 11) is 2.21. The lowest BCUT2D eigenvalue weighted by molar-refractivity contribution is -0.132. The normalized spacial score (nSPS) is 17.0. The molecule has 1 unspecified atom stereocenters. The molecule has 46 heavy (non-hydrogen) atoms. The number of piperazine rings is 1. The first-order chi connectivity index (χ1) is 22.3. The van der Waals surface area contributed by atoms with E-state index in [2.05, 4.69) is 53.0 Å². The van der Waals surface area contributed by atoms with E-state index in [1.54, 1.807) is 28.9 Å². The Labute approximate surface area is 270 Å². The number of carbonyl (C=O) groups is 1. The van der Waals surface area contributed by atoms with Gasteiger partial charge in [0.25, 0.3) is 0 Å². The van der Waals surface area contributed by atoms with E-state index < -0.39 is 0 Å². The van der Waals surface area contributed by atoms with Crippen molar-refractivity contribution in [2.24, 2.45) is 5.92 Å². The fraction of sp³-hybridized carbons (Fsp3) is 0.444. The Hall–Kier alpha value is -4.18. The average molecular weight is 628 g/mol.